The maximum Gasteiger partial charge on any atom is 0.191 e. The van der Waals surface area contributed by atoms with Crippen LogP contribution in [0.5, 0.6) is 0 Å². The van der Waals surface area contributed by atoms with Crippen molar-refractivity contribution < 1.29 is 4.74 Å². The highest BCUT2D eigenvalue weighted by Gasteiger charge is 2.29. The minimum atomic E-state index is -0.0232. The lowest BCUT2D eigenvalue weighted by Gasteiger charge is -2.31. The summed E-state index contributed by atoms with van der Waals surface area (Å²) in [6.07, 6.45) is 6.22. The average Bonchev–Trinajstić information content (AvgIpc) is 2.98. The van der Waals surface area contributed by atoms with Gasteiger partial charge >= 0.3 is 0 Å². The summed E-state index contributed by atoms with van der Waals surface area (Å²) in [6.45, 7) is 10.9. The van der Waals surface area contributed by atoms with E-state index in [9.17, 15) is 0 Å². The van der Waals surface area contributed by atoms with Crippen LogP contribution in [0.15, 0.2) is 4.99 Å². The van der Waals surface area contributed by atoms with Gasteiger partial charge in [0.25, 0.3) is 0 Å². The van der Waals surface area contributed by atoms with Gasteiger partial charge in [-0.3, -0.25) is 4.99 Å². The summed E-state index contributed by atoms with van der Waals surface area (Å²) in [7, 11) is 1.84. The largest absolute Gasteiger partial charge is 0.373 e. The third-order valence-corrected chi connectivity index (χ3v) is 5.15. The van der Waals surface area contributed by atoms with Crippen molar-refractivity contribution in [2.24, 2.45) is 10.9 Å². The Labute approximate surface area is 159 Å². The number of hydrogen-bond donors (Lipinski definition) is 2. The van der Waals surface area contributed by atoms with Crippen molar-refractivity contribution in [2.45, 2.75) is 51.6 Å². The molecule has 2 fully saturated rings. The minimum Gasteiger partial charge on any atom is -0.373 e. The van der Waals surface area contributed by atoms with E-state index in [1.807, 2.05) is 7.05 Å². The van der Waals surface area contributed by atoms with E-state index in [1.54, 1.807) is 0 Å². The highest BCUT2D eigenvalue weighted by Crippen LogP contribution is 2.23. The van der Waals surface area contributed by atoms with Crippen LogP contribution in [0.3, 0.4) is 0 Å². The van der Waals surface area contributed by atoms with Crippen LogP contribution >= 0.6 is 24.0 Å². The molecule has 0 bridgehead atoms. The van der Waals surface area contributed by atoms with Crippen molar-refractivity contribution in [1.29, 1.82) is 0 Å². The lowest BCUT2D eigenvalue weighted by atomic mass is 9.93. The molecule has 0 saturated carbocycles. The number of nitrogens with zero attached hydrogens (tertiary/aromatic N) is 2. The van der Waals surface area contributed by atoms with Gasteiger partial charge in [-0.1, -0.05) is 6.92 Å². The van der Waals surface area contributed by atoms with Crippen molar-refractivity contribution in [3.63, 3.8) is 0 Å². The summed E-state index contributed by atoms with van der Waals surface area (Å²) in [5.41, 5.74) is -0.0232. The monoisotopic (exact) mass is 438 g/mol. The number of ether oxygens (including phenoxy) is 1. The molecule has 6 heteroatoms. The Balaban J connectivity index is 0.00000264. The van der Waals surface area contributed by atoms with E-state index < -0.39 is 0 Å². The first-order valence-corrected chi connectivity index (χ1v) is 8.96. The number of aliphatic imine (C=N–C) groups is 1. The summed E-state index contributed by atoms with van der Waals surface area (Å²) in [4.78, 5) is 6.87. The molecule has 2 aliphatic rings. The molecule has 2 N–H and O–H groups in total. The number of piperidine rings is 1. The molecule has 0 aromatic rings. The molecular weight excluding hydrogens is 403 g/mol. The molecule has 0 aliphatic carbocycles. The zero-order valence-electron chi connectivity index (χ0n) is 15.1. The van der Waals surface area contributed by atoms with Gasteiger partial charge < -0.3 is 20.3 Å². The van der Waals surface area contributed by atoms with Crippen LogP contribution in [0.25, 0.3) is 0 Å². The predicted octanol–water partition coefficient (Wildman–Crippen LogP) is 2.46. The van der Waals surface area contributed by atoms with Crippen molar-refractivity contribution in [2.75, 3.05) is 46.4 Å². The van der Waals surface area contributed by atoms with E-state index in [-0.39, 0.29) is 29.6 Å². The van der Waals surface area contributed by atoms with E-state index in [2.05, 4.69) is 34.4 Å². The van der Waals surface area contributed by atoms with Gasteiger partial charge in [0.2, 0.25) is 0 Å². The van der Waals surface area contributed by atoms with Crippen LogP contribution in [0.2, 0.25) is 0 Å². The zero-order chi connectivity index (χ0) is 15.8. The van der Waals surface area contributed by atoms with Gasteiger partial charge in [0.05, 0.1) is 5.60 Å². The SMILES string of the molecule is CCN1CCC(CCNC(=NC)NCC2(C)CCCO2)CC1.I. The number of hydrogen-bond acceptors (Lipinski definition) is 3. The summed E-state index contributed by atoms with van der Waals surface area (Å²) in [6, 6.07) is 0. The summed E-state index contributed by atoms with van der Waals surface area (Å²) in [5, 5.41) is 6.86. The first-order chi connectivity index (χ1) is 10.6. The van der Waals surface area contributed by atoms with Crippen molar-refractivity contribution in [1.82, 2.24) is 15.5 Å². The topological polar surface area (TPSA) is 48.9 Å². The van der Waals surface area contributed by atoms with E-state index in [4.69, 9.17) is 4.74 Å². The Morgan fingerprint density at radius 2 is 2.04 bits per heavy atom. The molecule has 5 nitrogen and oxygen atoms in total. The second kappa shape index (κ2) is 10.7. The van der Waals surface area contributed by atoms with Crippen molar-refractivity contribution >= 4 is 29.9 Å². The van der Waals surface area contributed by atoms with E-state index in [0.29, 0.717) is 0 Å². The molecule has 0 amide bonds. The fourth-order valence-electron chi connectivity index (χ4n) is 3.45. The van der Waals surface area contributed by atoms with Gasteiger partial charge in [0, 0.05) is 26.7 Å². The second-order valence-corrected chi connectivity index (χ2v) is 6.92. The lowest BCUT2D eigenvalue weighted by Crippen LogP contribution is -2.46. The number of nitrogens with one attached hydrogen (secondary N) is 2. The maximum absolute atomic E-state index is 5.81. The second-order valence-electron chi connectivity index (χ2n) is 6.92. The Hall–Kier alpha value is -0.0800. The fraction of sp³-hybridized carbons (Fsp3) is 0.941. The number of halogens is 1. The first-order valence-electron chi connectivity index (χ1n) is 8.96. The molecule has 1 atom stereocenters. The van der Waals surface area contributed by atoms with E-state index in [1.165, 1.54) is 45.3 Å². The van der Waals surface area contributed by atoms with Crippen LogP contribution in [-0.4, -0.2) is 62.8 Å². The summed E-state index contributed by atoms with van der Waals surface area (Å²) < 4.78 is 5.81. The Bertz CT molecular complexity index is 351. The number of rotatable bonds is 6. The molecular formula is C17H35IN4O. The number of likely N-dealkylation sites (tertiary alicyclic amines) is 1. The highest BCUT2D eigenvalue weighted by molar-refractivity contribution is 14.0. The van der Waals surface area contributed by atoms with Gasteiger partial charge in [0.15, 0.2) is 5.96 Å². The molecule has 136 valence electrons. The average molecular weight is 438 g/mol. The third-order valence-electron chi connectivity index (χ3n) is 5.15. The molecule has 2 rings (SSSR count). The smallest absolute Gasteiger partial charge is 0.191 e. The van der Waals surface area contributed by atoms with Gasteiger partial charge in [0.1, 0.15) is 0 Å². The van der Waals surface area contributed by atoms with Crippen LogP contribution in [0, 0.1) is 5.92 Å². The zero-order valence-corrected chi connectivity index (χ0v) is 17.4. The Morgan fingerprint density at radius 1 is 1.30 bits per heavy atom. The van der Waals surface area contributed by atoms with Gasteiger partial charge in [-0.05, 0) is 64.6 Å². The van der Waals surface area contributed by atoms with Gasteiger partial charge in [-0.15, -0.1) is 24.0 Å². The van der Waals surface area contributed by atoms with E-state index >= 15 is 0 Å². The first kappa shape index (κ1) is 21.0. The van der Waals surface area contributed by atoms with Crippen LogP contribution in [0.4, 0.5) is 0 Å². The normalized spacial score (nSPS) is 26.8. The van der Waals surface area contributed by atoms with Gasteiger partial charge in [-0.25, -0.2) is 0 Å². The Kier molecular flexibility index (Phi) is 9.77. The fourth-order valence-corrected chi connectivity index (χ4v) is 3.45. The molecule has 23 heavy (non-hydrogen) atoms. The molecule has 0 radical (unpaired) electrons. The molecule has 0 aromatic carbocycles. The lowest BCUT2D eigenvalue weighted by molar-refractivity contribution is 0.0243. The van der Waals surface area contributed by atoms with Crippen molar-refractivity contribution in [3.8, 4) is 0 Å². The van der Waals surface area contributed by atoms with Crippen LogP contribution in [-0.2, 0) is 4.74 Å². The quantitative estimate of drug-likeness (QED) is 0.380. The van der Waals surface area contributed by atoms with Crippen LogP contribution in [0.1, 0.15) is 46.0 Å². The summed E-state index contributed by atoms with van der Waals surface area (Å²) >= 11 is 0. The number of guanidine groups is 1. The molecule has 2 heterocycles. The van der Waals surface area contributed by atoms with Crippen molar-refractivity contribution in [3.05, 3.63) is 0 Å². The third kappa shape index (κ3) is 7.13. The minimum absolute atomic E-state index is 0. The standard InChI is InChI=1S/C17H34N4O.HI/c1-4-21-11-7-15(8-12-21)6-10-19-16(18-3)20-14-17(2)9-5-13-22-17;/h15H,4-14H2,1-3H3,(H2,18,19,20);1H. The molecule has 1 unspecified atom stereocenters. The molecule has 2 aliphatic heterocycles. The molecule has 2 saturated heterocycles. The van der Waals surface area contributed by atoms with E-state index in [0.717, 1.165) is 38.0 Å². The van der Waals surface area contributed by atoms with Crippen LogP contribution < -0.4 is 10.6 Å². The maximum atomic E-state index is 5.81. The molecule has 0 spiro atoms. The summed E-state index contributed by atoms with van der Waals surface area (Å²) in [5.74, 6) is 1.77. The van der Waals surface area contributed by atoms with Gasteiger partial charge in [-0.2, -0.15) is 0 Å². The Morgan fingerprint density at radius 3 is 2.61 bits per heavy atom. The predicted molar refractivity (Wildman–Crippen MR) is 108 cm³/mol. The highest BCUT2D eigenvalue weighted by atomic mass is 127. The molecule has 0 aromatic heterocycles.